The molecule has 20 heavy (non-hydrogen) atoms. The van der Waals surface area contributed by atoms with Gasteiger partial charge in [-0.15, -0.1) is 0 Å². The van der Waals surface area contributed by atoms with Gasteiger partial charge in [-0.2, -0.15) is 0 Å². The van der Waals surface area contributed by atoms with Crippen molar-refractivity contribution in [3.63, 3.8) is 0 Å². The van der Waals surface area contributed by atoms with Crippen molar-refractivity contribution in [1.82, 2.24) is 20.4 Å². The van der Waals surface area contributed by atoms with Crippen LogP contribution < -0.4 is 10.6 Å². The highest BCUT2D eigenvalue weighted by Gasteiger charge is 2.36. The molecule has 1 atom stereocenters. The topological polar surface area (TPSA) is 81.8 Å². The minimum Gasteiger partial charge on any atom is -0.353 e. The molecule has 0 bridgehead atoms. The van der Waals surface area contributed by atoms with Crippen molar-refractivity contribution in [3.05, 3.63) is 0 Å². The highest BCUT2D eigenvalue weighted by atomic mass is 16.2. The van der Waals surface area contributed by atoms with Crippen LogP contribution in [0.2, 0.25) is 0 Å². The zero-order chi connectivity index (χ0) is 14.7. The normalized spacial score (nSPS) is 25.1. The lowest BCUT2D eigenvalue weighted by Crippen LogP contribution is -2.54. The number of imide groups is 1. The van der Waals surface area contributed by atoms with Gasteiger partial charge in [-0.1, -0.05) is 0 Å². The lowest BCUT2D eigenvalue weighted by Gasteiger charge is -2.36. The van der Waals surface area contributed by atoms with E-state index in [1.54, 1.807) is 0 Å². The predicted octanol–water partition coefficient (Wildman–Crippen LogP) is -1.46. The van der Waals surface area contributed by atoms with Crippen LogP contribution in [-0.2, 0) is 14.4 Å². The van der Waals surface area contributed by atoms with Gasteiger partial charge in [0.15, 0.2) is 0 Å². The number of nitrogens with zero attached hydrogens (tertiary/aromatic N) is 2. The molecule has 0 saturated carbocycles. The molecule has 112 valence electrons. The van der Waals surface area contributed by atoms with Gasteiger partial charge in [0.2, 0.25) is 17.7 Å². The van der Waals surface area contributed by atoms with E-state index < -0.39 is 0 Å². The Labute approximate surface area is 118 Å². The molecule has 0 aromatic rings. The Morgan fingerprint density at radius 2 is 1.95 bits per heavy atom. The second-order valence-electron chi connectivity index (χ2n) is 5.67. The summed E-state index contributed by atoms with van der Waals surface area (Å²) in [6.45, 7) is 7.16. The molecule has 7 heteroatoms. The molecule has 0 radical (unpaired) electrons. The van der Waals surface area contributed by atoms with E-state index in [1.807, 2.05) is 18.7 Å². The Balaban J connectivity index is 1.76. The SMILES string of the molecule is CC(C)NC(=O)CN1CCN([C@H]2CC(=O)NC2=O)CC1. The zero-order valence-electron chi connectivity index (χ0n) is 12.0. The van der Waals surface area contributed by atoms with Crippen LogP contribution in [0.15, 0.2) is 0 Å². The lowest BCUT2D eigenvalue weighted by molar-refractivity contribution is -0.127. The number of hydrogen-bond acceptors (Lipinski definition) is 5. The fourth-order valence-electron chi connectivity index (χ4n) is 2.64. The molecule has 0 unspecified atom stereocenters. The van der Waals surface area contributed by atoms with E-state index in [0.717, 1.165) is 13.1 Å². The number of nitrogens with one attached hydrogen (secondary N) is 2. The highest BCUT2D eigenvalue weighted by Crippen LogP contribution is 2.13. The van der Waals surface area contributed by atoms with Gasteiger partial charge in [-0.05, 0) is 13.8 Å². The molecule has 0 aromatic heterocycles. The van der Waals surface area contributed by atoms with E-state index in [2.05, 4.69) is 15.5 Å². The fraction of sp³-hybridized carbons (Fsp3) is 0.769. The molecule has 0 spiro atoms. The second kappa shape index (κ2) is 6.32. The smallest absolute Gasteiger partial charge is 0.244 e. The largest absolute Gasteiger partial charge is 0.353 e. The first-order valence-electron chi connectivity index (χ1n) is 7.05. The number of rotatable bonds is 4. The van der Waals surface area contributed by atoms with Crippen LogP contribution in [0.1, 0.15) is 20.3 Å². The third kappa shape index (κ3) is 3.77. The van der Waals surface area contributed by atoms with E-state index in [9.17, 15) is 14.4 Å². The van der Waals surface area contributed by atoms with Crippen molar-refractivity contribution in [1.29, 1.82) is 0 Å². The summed E-state index contributed by atoms with van der Waals surface area (Å²) in [4.78, 5) is 38.6. The maximum Gasteiger partial charge on any atom is 0.244 e. The van der Waals surface area contributed by atoms with E-state index >= 15 is 0 Å². The third-order valence-corrected chi connectivity index (χ3v) is 3.61. The van der Waals surface area contributed by atoms with Gasteiger partial charge in [-0.25, -0.2) is 0 Å². The van der Waals surface area contributed by atoms with Gasteiger partial charge in [0.1, 0.15) is 0 Å². The fourth-order valence-corrected chi connectivity index (χ4v) is 2.64. The highest BCUT2D eigenvalue weighted by molar-refractivity contribution is 6.05. The maximum atomic E-state index is 11.7. The Morgan fingerprint density at radius 1 is 1.30 bits per heavy atom. The lowest BCUT2D eigenvalue weighted by atomic mass is 10.1. The molecular weight excluding hydrogens is 260 g/mol. The Kier molecular flexibility index (Phi) is 4.72. The molecule has 2 N–H and O–H groups in total. The van der Waals surface area contributed by atoms with Crippen LogP contribution in [0, 0.1) is 0 Å². The van der Waals surface area contributed by atoms with Crippen LogP contribution in [0.3, 0.4) is 0 Å². The van der Waals surface area contributed by atoms with Crippen LogP contribution >= 0.6 is 0 Å². The number of piperazine rings is 1. The van der Waals surface area contributed by atoms with Gasteiger partial charge in [0, 0.05) is 32.2 Å². The third-order valence-electron chi connectivity index (χ3n) is 3.61. The van der Waals surface area contributed by atoms with E-state index in [4.69, 9.17) is 0 Å². The van der Waals surface area contributed by atoms with Crippen molar-refractivity contribution in [2.24, 2.45) is 0 Å². The van der Waals surface area contributed by atoms with Crippen molar-refractivity contribution in [2.75, 3.05) is 32.7 Å². The Bertz CT molecular complexity index is 402. The molecule has 2 aliphatic rings. The quantitative estimate of drug-likeness (QED) is 0.616. The standard InChI is InChI=1S/C13H22N4O3/c1-9(2)14-12(19)8-16-3-5-17(6-4-16)10-7-11(18)15-13(10)20/h9-10H,3-8H2,1-2H3,(H,14,19)(H,15,18,20)/t10-/m0/s1. The van der Waals surface area contributed by atoms with Gasteiger partial charge >= 0.3 is 0 Å². The molecule has 0 aliphatic carbocycles. The molecular formula is C13H22N4O3. The molecule has 2 saturated heterocycles. The first-order valence-corrected chi connectivity index (χ1v) is 7.05. The summed E-state index contributed by atoms with van der Waals surface area (Å²) in [6.07, 6.45) is 0.257. The summed E-state index contributed by atoms with van der Waals surface area (Å²) in [7, 11) is 0. The van der Waals surface area contributed by atoms with Crippen LogP contribution in [0.5, 0.6) is 0 Å². The average Bonchev–Trinajstić information content (AvgIpc) is 2.68. The average molecular weight is 282 g/mol. The number of hydrogen-bond donors (Lipinski definition) is 2. The van der Waals surface area contributed by atoms with E-state index in [-0.39, 0.29) is 36.2 Å². The maximum absolute atomic E-state index is 11.7. The van der Waals surface area contributed by atoms with Gasteiger partial charge < -0.3 is 5.32 Å². The summed E-state index contributed by atoms with van der Waals surface area (Å²) in [5.41, 5.74) is 0. The monoisotopic (exact) mass is 282 g/mol. The summed E-state index contributed by atoms with van der Waals surface area (Å²) in [5.74, 6) is -0.359. The van der Waals surface area contributed by atoms with Crippen molar-refractivity contribution in [3.8, 4) is 0 Å². The van der Waals surface area contributed by atoms with Crippen molar-refractivity contribution < 1.29 is 14.4 Å². The van der Waals surface area contributed by atoms with Crippen molar-refractivity contribution in [2.45, 2.75) is 32.4 Å². The minimum absolute atomic E-state index is 0.0298. The zero-order valence-corrected chi connectivity index (χ0v) is 12.0. The summed E-state index contributed by atoms with van der Waals surface area (Å²) in [5, 5.41) is 5.20. The molecule has 2 aliphatic heterocycles. The van der Waals surface area contributed by atoms with Gasteiger partial charge in [-0.3, -0.25) is 29.5 Å². The molecule has 3 amide bonds. The summed E-state index contributed by atoms with van der Waals surface area (Å²) < 4.78 is 0. The van der Waals surface area contributed by atoms with Crippen LogP contribution in [0.4, 0.5) is 0 Å². The van der Waals surface area contributed by atoms with Gasteiger partial charge in [0.05, 0.1) is 19.0 Å². The Morgan fingerprint density at radius 3 is 2.45 bits per heavy atom. The second-order valence-corrected chi connectivity index (χ2v) is 5.67. The van der Waals surface area contributed by atoms with Gasteiger partial charge in [0.25, 0.3) is 0 Å². The van der Waals surface area contributed by atoms with Crippen molar-refractivity contribution >= 4 is 17.7 Å². The summed E-state index contributed by atoms with van der Waals surface area (Å²) in [6, 6.07) is -0.175. The van der Waals surface area contributed by atoms with Crippen LogP contribution in [-0.4, -0.2) is 72.3 Å². The number of amides is 3. The van der Waals surface area contributed by atoms with E-state index in [1.165, 1.54) is 0 Å². The van der Waals surface area contributed by atoms with E-state index in [0.29, 0.717) is 19.6 Å². The summed E-state index contributed by atoms with van der Waals surface area (Å²) >= 11 is 0. The first kappa shape index (κ1) is 14.9. The number of carbonyl (C=O) groups excluding carboxylic acids is 3. The number of carbonyl (C=O) groups is 3. The molecule has 7 nitrogen and oxygen atoms in total. The first-order chi connectivity index (χ1) is 9.45. The Hall–Kier alpha value is -1.47. The predicted molar refractivity (Wildman–Crippen MR) is 72.8 cm³/mol. The molecule has 0 aromatic carbocycles. The molecule has 2 fully saturated rings. The minimum atomic E-state index is -0.325. The molecule has 2 heterocycles. The van der Waals surface area contributed by atoms with Crippen LogP contribution in [0.25, 0.3) is 0 Å². The molecule has 2 rings (SSSR count).